The molecule has 0 saturated carbocycles. The molecule has 0 bridgehead atoms. The summed E-state index contributed by atoms with van der Waals surface area (Å²) in [5, 5.41) is 2.76. The van der Waals surface area contributed by atoms with Crippen LogP contribution in [0.3, 0.4) is 0 Å². The number of anilines is 1. The number of fused-ring (bicyclic) bond motifs is 1. The van der Waals surface area contributed by atoms with Crippen LogP contribution in [-0.4, -0.2) is 57.7 Å². The lowest BCUT2D eigenvalue weighted by Crippen LogP contribution is -2.34. The van der Waals surface area contributed by atoms with Crippen molar-refractivity contribution in [1.82, 2.24) is 9.29 Å². The number of Topliss-reactive ketones (excluding diaryl/α,β-unsaturated/α-hetero) is 1. The number of carbonyl (C=O) groups excluding carboxylic acids is 2. The number of carbonyl (C=O) groups is 2. The second kappa shape index (κ2) is 8.46. The Morgan fingerprint density at radius 2 is 1.65 bits per heavy atom. The molecule has 0 spiro atoms. The largest absolute Gasteiger partial charge is 0.301 e. The maximum absolute atomic E-state index is 12.7. The fourth-order valence-corrected chi connectivity index (χ4v) is 5.45. The summed E-state index contributed by atoms with van der Waals surface area (Å²) in [6.45, 7) is 0.922. The van der Waals surface area contributed by atoms with Gasteiger partial charge in [-0.3, -0.25) is 9.59 Å². The molecule has 3 aromatic rings. The molecular weight excluding hydrogens is 462 g/mol. The number of rotatable bonds is 7. The molecule has 1 aromatic heterocycles. The molecule has 0 saturated heterocycles. The molecule has 1 amide bonds. The molecule has 3 rings (SSSR count). The van der Waals surface area contributed by atoms with Crippen molar-refractivity contribution in [3.8, 4) is 0 Å². The van der Waals surface area contributed by atoms with Crippen molar-refractivity contribution < 1.29 is 26.4 Å². The number of thiazole rings is 1. The number of amides is 1. The lowest BCUT2D eigenvalue weighted by Gasteiger charge is -2.16. The van der Waals surface area contributed by atoms with Gasteiger partial charge >= 0.3 is 0 Å². The summed E-state index contributed by atoms with van der Waals surface area (Å²) < 4.78 is 50.2. The van der Waals surface area contributed by atoms with Crippen molar-refractivity contribution in [2.75, 3.05) is 25.2 Å². The SMILES string of the molecule is CC(=O)c1ccc(S(=O)(=O)N(C)CC(=O)Nc2nc3ccc(S(C)(=O)=O)cc3s2)cc1. The number of sulfone groups is 1. The minimum Gasteiger partial charge on any atom is -0.301 e. The first-order chi connectivity index (χ1) is 14.4. The Morgan fingerprint density at radius 1 is 1.03 bits per heavy atom. The average molecular weight is 482 g/mol. The number of hydrogen-bond acceptors (Lipinski definition) is 8. The van der Waals surface area contributed by atoms with E-state index in [1.165, 1.54) is 50.4 Å². The van der Waals surface area contributed by atoms with E-state index >= 15 is 0 Å². The molecule has 31 heavy (non-hydrogen) atoms. The molecule has 12 heteroatoms. The normalized spacial score (nSPS) is 12.3. The van der Waals surface area contributed by atoms with Gasteiger partial charge in [0.1, 0.15) is 0 Å². The Hall–Kier alpha value is -2.67. The third-order valence-electron chi connectivity index (χ3n) is 4.37. The van der Waals surface area contributed by atoms with Crippen molar-refractivity contribution in [3.05, 3.63) is 48.0 Å². The zero-order valence-electron chi connectivity index (χ0n) is 16.8. The fourth-order valence-electron chi connectivity index (χ4n) is 2.68. The van der Waals surface area contributed by atoms with E-state index in [0.29, 0.717) is 15.8 Å². The van der Waals surface area contributed by atoms with Gasteiger partial charge in [-0.05, 0) is 37.3 Å². The highest BCUT2D eigenvalue weighted by Crippen LogP contribution is 2.28. The number of sulfonamides is 1. The molecule has 0 fully saturated rings. The van der Waals surface area contributed by atoms with Crippen LogP contribution < -0.4 is 5.32 Å². The summed E-state index contributed by atoms with van der Waals surface area (Å²) in [6.07, 6.45) is 1.10. The minimum atomic E-state index is -3.94. The van der Waals surface area contributed by atoms with Gasteiger partial charge in [0.2, 0.25) is 15.9 Å². The lowest BCUT2D eigenvalue weighted by atomic mass is 10.2. The van der Waals surface area contributed by atoms with E-state index in [4.69, 9.17) is 0 Å². The maximum atomic E-state index is 12.7. The van der Waals surface area contributed by atoms with Gasteiger partial charge in [0, 0.05) is 18.9 Å². The van der Waals surface area contributed by atoms with Gasteiger partial charge in [-0.2, -0.15) is 4.31 Å². The van der Waals surface area contributed by atoms with Crippen LogP contribution in [0.4, 0.5) is 5.13 Å². The van der Waals surface area contributed by atoms with Crippen LogP contribution in [0.5, 0.6) is 0 Å². The number of likely N-dealkylation sites (N-methyl/N-ethyl adjacent to an activating group) is 1. The van der Waals surface area contributed by atoms with Gasteiger partial charge < -0.3 is 5.32 Å². The van der Waals surface area contributed by atoms with E-state index in [2.05, 4.69) is 10.3 Å². The number of nitrogens with one attached hydrogen (secondary N) is 1. The number of aromatic nitrogens is 1. The first-order valence-corrected chi connectivity index (χ1v) is 13.0. The Balaban J connectivity index is 1.73. The average Bonchev–Trinajstić information content (AvgIpc) is 3.08. The van der Waals surface area contributed by atoms with Crippen LogP contribution in [0.25, 0.3) is 10.2 Å². The quantitative estimate of drug-likeness (QED) is 0.512. The topological polar surface area (TPSA) is 131 Å². The zero-order chi connectivity index (χ0) is 23.0. The third-order valence-corrected chi connectivity index (χ3v) is 8.23. The summed E-state index contributed by atoms with van der Waals surface area (Å²) in [7, 11) is -6.04. The smallest absolute Gasteiger partial charge is 0.243 e. The highest BCUT2D eigenvalue weighted by Gasteiger charge is 2.23. The number of ketones is 1. The summed E-state index contributed by atoms with van der Waals surface area (Å²) in [4.78, 5) is 28.0. The molecule has 164 valence electrons. The van der Waals surface area contributed by atoms with Crippen molar-refractivity contribution in [2.24, 2.45) is 0 Å². The van der Waals surface area contributed by atoms with E-state index < -0.39 is 32.3 Å². The molecule has 2 aromatic carbocycles. The molecular formula is C19H19N3O6S3. The van der Waals surface area contributed by atoms with Crippen molar-refractivity contribution in [3.63, 3.8) is 0 Å². The predicted octanol–water partition coefficient (Wildman–Crippen LogP) is 2.16. The van der Waals surface area contributed by atoms with E-state index in [0.717, 1.165) is 21.9 Å². The maximum Gasteiger partial charge on any atom is 0.243 e. The van der Waals surface area contributed by atoms with Gasteiger partial charge in [0.25, 0.3) is 0 Å². The summed E-state index contributed by atoms with van der Waals surface area (Å²) >= 11 is 1.08. The van der Waals surface area contributed by atoms with Crippen molar-refractivity contribution in [2.45, 2.75) is 16.7 Å². The molecule has 1 heterocycles. The molecule has 0 aliphatic heterocycles. The van der Waals surface area contributed by atoms with Crippen LogP contribution in [0.1, 0.15) is 17.3 Å². The first-order valence-electron chi connectivity index (χ1n) is 8.86. The second-order valence-electron chi connectivity index (χ2n) is 6.81. The van der Waals surface area contributed by atoms with E-state index in [-0.39, 0.29) is 20.7 Å². The predicted molar refractivity (Wildman–Crippen MR) is 118 cm³/mol. The Kier molecular flexibility index (Phi) is 6.28. The van der Waals surface area contributed by atoms with Gasteiger partial charge in [-0.1, -0.05) is 23.5 Å². The first kappa shape index (κ1) is 23.0. The van der Waals surface area contributed by atoms with Crippen molar-refractivity contribution >= 4 is 58.2 Å². The van der Waals surface area contributed by atoms with Crippen LogP contribution in [0, 0.1) is 0 Å². The highest BCUT2D eigenvalue weighted by atomic mass is 32.2. The van der Waals surface area contributed by atoms with E-state index in [1.54, 1.807) is 6.07 Å². The van der Waals surface area contributed by atoms with Crippen LogP contribution in [0.2, 0.25) is 0 Å². The second-order valence-corrected chi connectivity index (χ2v) is 11.9. The molecule has 0 atom stereocenters. The molecule has 0 radical (unpaired) electrons. The molecule has 9 nitrogen and oxygen atoms in total. The summed E-state index contributed by atoms with van der Waals surface area (Å²) in [6, 6.07) is 9.89. The molecule has 1 N–H and O–H groups in total. The van der Waals surface area contributed by atoms with Gasteiger partial charge in [0.05, 0.1) is 26.6 Å². The van der Waals surface area contributed by atoms with Gasteiger partial charge in [-0.25, -0.2) is 21.8 Å². The monoisotopic (exact) mass is 481 g/mol. The van der Waals surface area contributed by atoms with Gasteiger partial charge in [-0.15, -0.1) is 0 Å². The minimum absolute atomic E-state index is 0.0407. The number of benzene rings is 2. The third kappa shape index (κ3) is 5.15. The Morgan fingerprint density at radius 3 is 2.23 bits per heavy atom. The molecule has 0 aliphatic carbocycles. The number of hydrogen-bond donors (Lipinski definition) is 1. The molecule has 0 unspecified atom stereocenters. The van der Waals surface area contributed by atoms with Crippen LogP contribution in [0.15, 0.2) is 52.3 Å². The van der Waals surface area contributed by atoms with Gasteiger partial charge in [0.15, 0.2) is 20.8 Å². The Bertz CT molecular complexity index is 1380. The summed E-state index contributed by atoms with van der Waals surface area (Å²) in [5.74, 6) is -0.787. The standard InChI is InChI=1S/C19H19N3O6S3/c1-12(23)13-4-6-14(7-5-13)31(27,28)22(2)11-18(24)21-19-20-16-9-8-15(30(3,25)26)10-17(16)29-19/h4-10H,11H2,1-3H3,(H,20,21,24). The van der Waals surface area contributed by atoms with Crippen LogP contribution in [-0.2, 0) is 24.7 Å². The lowest BCUT2D eigenvalue weighted by molar-refractivity contribution is -0.116. The number of nitrogens with zero attached hydrogens (tertiary/aromatic N) is 2. The Labute approximate surface area is 183 Å². The van der Waals surface area contributed by atoms with E-state index in [9.17, 15) is 26.4 Å². The van der Waals surface area contributed by atoms with Crippen molar-refractivity contribution in [1.29, 1.82) is 0 Å². The highest BCUT2D eigenvalue weighted by molar-refractivity contribution is 7.90. The van der Waals surface area contributed by atoms with E-state index in [1.807, 2.05) is 0 Å². The summed E-state index contributed by atoms with van der Waals surface area (Å²) in [5.41, 5.74) is 0.897. The zero-order valence-corrected chi connectivity index (χ0v) is 19.3. The molecule has 0 aliphatic rings. The fraction of sp³-hybridized carbons (Fsp3) is 0.211. The van der Waals surface area contributed by atoms with Crippen LogP contribution >= 0.6 is 11.3 Å².